The van der Waals surface area contributed by atoms with E-state index in [1.165, 1.54) is 6.07 Å². The SMILES string of the molecule is CNC(Cc1ccccc1F)c1cc(C)c(C)o1. The van der Waals surface area contributed by atoms with E-state index in [9.17, 15) is 4.39 Å². The molecule has 0 aliphatic carbocycles. The predicted octanol–water partition coefficient (Wildman–Crippen LogP) is 3.54. The highest BCUT2D eigenvalue weighted by Gasteiger charge is 2.16. The third kappa shape index (κ3) is 2.62. The molecule has 1 aromatic heterocycles. The molecular formula is C15H18FNO. The highest BCUT2D eigenvalue weighted by atomic mass is 19.1. The zero-order valence-corrected chi connectivity index (χ0v) is 11.0. The molecule has 2 nitrogen and oxygen atoms in total. The summed E-state index contributed by atoms with van der Waals surface area (Å²) in [5.74, 6) is 1.60. The number of benzene rings is 1. The lowest BCUT2D eigenvalue weighted by molar-refractivity contribution is 0.411. The van der Waals surface area contributed by atoms with E-state index in [0.29, 0.717) is 12.0 Å². The Kier molecular flexibility index (Phi) is 3.82. The van der Waals surface area contributed by atoms with E-state index >= 15 is 0 Å². The summed E-state index contributed by atoms with van der Waals surface area (Å²) in [7, 11) is 1.86. The van der Waals surface area contributed by atoms with Crippen LogP contribution < -0.4 is 5.32 Å². The number of aryl methyl sites for hydroxylation is 2. The Hall–Kier alpha value is -1.61. The standard InChI is InChI=1S/C15H18FNO/c1-10-8-15(18-11(10)2)14(17-3)9-12-6-4-5-7-13(12)16/h4-8,14,17H,9H2,1-3H3. The van der Waals surface area contributed by atoms with Crippen LogP contribution in [0.5, 0.6) is 0 Å². The minimum atomic E-state index is -0.169. The van der Waals surface area contributed by atoms with E-state index in [0.717, 1.165) is 17.1 Å². The van der Waals surface area contributed by atoms with Crippen LogP contribution in [-0.4, -0.2) is 7.05 Å². The number of likely N-dealkylation sites (N-methyl/N-ethyl adjacent to an activating group) is 1. The number of furan rings is 1. The molecular weight excluding hydrogens is 229 g/mol. The molecule has 0 saturated carbocycles. The molecule has 2 rings (SSSR count). The van der Waals surface area contributed by atoms with Crippen LogP contribution in [0.2, 0.25) is 0 Å². The normalized spacial score (nSPS) is 12.7. The molecule has 3 heteroatoms. The van der Waals surface area contributed by atoms with Gasteiger partial charge in [-0.2, -0.15) is 0 Å². The van der Waals surface area contributed by atoms with Crippen LogP contribution in [0.15, 0.2) is 34.7 Å². The van der Waals surface area contributed by atoms with Crippen molar-refractivity contribution in [3.05, 3.63) is 58.8 Å². The molecule has 2 aromatic rings. The highest BCUT2D eigenvalue weighted by Crippen LogP contribution is 2.24. The lowest BCUT2D eigenvalue weighted by Crippen LogP contribution is -2.18. The summed E-state index contributed by atoms with van der Waals surface area (Å²) >= 11 is 0. The van der Waals surface area contributed by atoms with Crippen molar-refractivity contribution in [1.82, 2.24) is 5.32 Å². The number of hydrogen-bond acceptors (Lipinski definition) is 2. The smallest absolute Gasteiger partial charge is 0.126 e. The van der Waals surface area contributed by atoms with Crippen molar-refractivity contribution >= 4 is 0 Å². The van der Waals surface area contributed by atoms with Crippen LogP contribution in [0.25, 0.3) is 0 Å². The Labute approximate surface area is 107 Å². The van der Waals surface area contributed by atoms with Crippen molar-refractivity contribution in [2.24, 2.45) is 0 Å². The molecule has 1 unspecified atom stereocenters. The zero-order valence-electron chi connectivity index (χ0n) is 11.0. The van der Waals surface area contributed by atoms with Gasteiger partial charge in [0.15, 0.2) is 0 Å². The van der Waals surface area contributed by atoms with Gasteiger partial charge in [0.1, 0.15) is 17.3 Å². The Bertz CT molecular complexity index is 514. The largest absolute Gasteiger partial charge is 0.464 e. The molecule has 0 fully saturated rings. The quantitative estimate of drug-likeness (QED) is 0.894. The summed E-state index contributed by atoms with van der Waals surface area (Å²) < 4.78 is 19.3. The van der Waals surface area contributed by atoms with E-state index in [-0.39, 0.29) is 11.9 Å². The van der Waals surface area contributed by atoms with E-state index < -0.39 is 0 Å². The maximum absolute atomic E-state index is 13.6. The molecule has 1 aromatic carbocycles. The van der Waals surface area contributed by atoms with Crippen molar-refractivity contribution in [2.45, 2.75) is 26.3 Å². The molecule has 0 radical (unpaired) electrons. The summed E-state index contributed by atoms with van der Waals surface area (Å²) in [6.45, 7) is 3.95. The second-order valence-corrected chi connectivity index (χ2v) is 4.52. The number of halogens is 1. The van der Waals surface area contributed by atoms with Crippen molar-refractivity contribution in [2.75, 3.05) is 7.05 Å². The van der Waals surface area contributed by atoms with Crippen LogP contribution in [-0.2, 0) is 6.42 Å². The van der Waals surface area contributed by atoms with Crippen molar-refractivity contribution < 1.29 is 8.81 Å². The highest BCUT2D eigenvalue weighted by molar-refractivity contribution is 5.24. The molecule has 0 aliphatic rings. The summed E-state index contributed by atoms with van der Waals surface area (Å²) in [5.41, 5.74) is 1.82. The van der Waals surface area contributed by atoms with Crippen molar-refractivity contribution in [3.8, 4) is 0 Å². The zero-order chi connectivity index (χ0) is 13.1. The Morgan fingerprint density at radius 3 is 2.56 bits per heavy atom. The maximum Gasteiger partial charge on any atom is 0.126 e. The first kappa shape index (κ1) is 12.8. The average Bonchev–Trinajstić information content (AvgIpc) is 2.68. The van der Waals surface area contributed by atoms with Crippen LogP contribution in [0.3, 0.4) is 0 Å². The van der Waals surface area contributed by atoms with Gasteiger partial charge >= 0.3 is 0 Å². The first-order valence-electron chi connectivity index (χ1n) is 6.09. The molecule has 0 amide bonds. The molecule has 0 spiro atoms. The minimum Gasteiger partial charge on any atom is -0.464 e. The molecule has 1 atom stereocenters. The van der Waals surface area contributed by atoms with Gasteiger partial charge in [-0.15, -0.1) is 0 Å². The summed E-state index contributed by atoms with van der Waals surface area (Å²) in [4.78, 5) is 0. The average molecular weight is 247 g/mol. The third-order valence-electron chi connectivity index (χ3n) is 3.26. The summed E-state index contributed by atoms with van der Waals surface area (Å²) in [6.07, 6.45) is 0.579. The summed E-state index contributed by atoms with van der Waals surface area (Å²) in [5, 5.41) is 3.17. The molecule has 0 saturated heterocycles. The molecule has 0 bridgehead atoms. The fourth-order valence-corrected chi connectivity index (χ4v) is 2.00. The van der Waals surface area contributed by atoms with Gasteiger partial charge in [-0.25, -0.2) is 4.39 Å². The van der Waals surface area contributed by atoms with Crippen molar-refractivity contribution in [3.63, 3.8) is 0 Å². The Balaban J connectivity index is 2.22. The van der Waals surface area contributed by atoms with Crippen LogP contribution in [0, 0.1) is 19.7 Å². The molecule has 96 valence electrons. The number of rotatable bonds is 4. The number of nitrogens with one attached hydrogen (secondary N) is 1. The third-order valence-corrected chi connectivity index (χ3v) is 3.26. The van der Waals surface area contributed by atoms with Gasteiger partial charge in [0.2, 0.25) is 0 Å². The lowest BCUT2D eigenvalue weighted by atomic mass is 10.0. The fourth-order valence-electron chi connectivity index (χ4n) is 2.00. The molecule has 0 aliphatic heterocycles. The first-order chi connectivity index (χ1) is 8.61. The van der Waals surface area contributed by atoms with Crippen LogP contribution >= 0.6 is 0 Å². The second-order valence-electron chi connectivity index (χ2n) is 4.52. The van der Waals surface area contributed by atoms with Gasteiger partial charge < -0.3 is 9.73 Å². The second kappa shape index (κ2) is 5.36. The Morgan fingerprint density at radius 1 is 1.28 bits per heavy atom. The van der Waals surface area contributed by atoms with E-state index in [1.807, 2.05) is 39.1 Å². The monoisotopic (exact) mass is 247 g/mol. The number of hydrogen-bond donors (Lipinski definition) is 1. The van der Waals surface area contributed by atoms with Gasteiger partial charge in [-0.1, -0.05) is 18.2 Å². The summed E-state index contributed by atoms with van der Waals surface area (Å²) in [6, 6.07) is 8.85. The minimum absolute atomic E-state index is 0.00528. The van der Waals surface area contributed by atoms with Crippen LogP contribution in [0.1, 0.15) is 28.7 Å². The van der Waals surface area contributed by atoms with Crippen molar-refractivity contribution in [1.29, 1.82) is 0 Å². The van der Waals surface area contributed by atoms with Crippen LogP contribution in [0.4, 0.5) is 4.39 Å². The molecule has 18 heavy (non-hydrogen) atoms. The lowest BCUT2D eigenvalue weighted by Gasteiger charge is -2.14. The van der Waals surface area contributed by atoms with Gasteiger partial charge in [0, 0.05) is 0 Å². The van der Waals surface area contributed by atoms with Gasteiger partial charge in [0.05, 0.1) is 6.04 Å². The van der Waals surface area contributed by atoms with E-state index in [2.05, 4.69) is 5.32 Å². The van der Waals surface area contributed by atoms with Gasteiger partial charge in [-0.3, -0.25) is 0 Å². The van der Waals surface area contributed by atoms with E-state index in [4.69, 9.17) is 4.42 Å². The van der Waals surface area contributed by atoms with Gasteiger partial charge in [0.25, 0.3) is 0 Å². The topological polar surface area (TPSA) is 25.2 Å². The van der Waals surface area contributed by atoms with E-state index in [1.54, 1.807) is 6.07 Å². The first-order valence-corrected chi connectivity index (χ1v) is 6.09. The Morgan fingerprint density at radius 2 is 2.00 bits per heavy atom. The molecule has 1 N–H and O–H groups in total. The van der Waals surface area contributed by atoms with Gasteiger partial charge in [-0.05, 0) is 50.6 Å². The maximum atomic E-state index is 13.6. The fraction of sp³-hybridized carbons (Fsp3) is 0.333. The predicted molar refractivity (Wildman–Crippen MR) is 70.1 cm³/mol. The molecule has 1 heterocycles.